The molecule has 2 N–H and O–H groups in total. The van der Waals surface area contributed by atoms with Gasteiger partial charge in [-0.15, -0.1) is 0 Å². The molecule has 0 aromatic rings. The lowest BCUT2D eigenvalue weighted by Crippen LogP contribution is -2.42. The summed E-state index contributed by atoms with van der Waals surface area (Å²) in [6, 6.07) is 0.639. The van der Waals surface area contributed by atoms with Gasteiger partial charge in [0.1, 0.15) is 0 Å². The number of likely N-dealkylation sites (N-methyl/N-ethyl adjacent to an activating group) is 1. The maximum absolute atomic E-state index is 4.29. The first-order chi connectivity index (χ1) is 10.2. The molecule has 0 aromatic heterocycles. The Kier molecular flexibility index (Phi) is 9.15. The first-order valence-electron chi connectivity index (χ1n) is 8.50. The second kappa shape index (κ2) is 10.7. The molecule has 0 saturated heterocycles. The number of aliphatic imine (C=N–C) groups is 1. The highest BCUT2D eigenvalue weighted by Gasteiger charge is 2.07. The average Bonchev–Trinajstić information content (AvgIpc) is 2.53. The Hall–Kier alpha value is -1.03. The van der Waals surface area contributed by atoms with E-state index in [9.17, 15) is 0 Å². The van der Waals surface area contributed by atoms with Gasteiger partial charge >= 0.3 is 0 Å². The average molecular weight is 294 g/mol. The Morgan fingerprint density at radius 1 is 1.33 bits per heavy atom. The molecule has 4 heteroatoms. The number of hydrogen-bond acceptors (Lipinski definition) is 2. The molecule has 1 atom stereocenters. The molecule has 0 bridgehead atoms. The molecule has 4 nitrogen and oxygen atoms in total. The van der Waals surface area contributed by atoms with Gasteiger partial charge < -0.3 is 15.5 Å². The van der Waals surface area contributed by atoms with Crippen LogP contribution in [0.15, 0.2) is 16.6 Å². The summed E-state index contributed by atoms with van der Waals surface area (Å²) in [4.78, 5) is 6.67. The van der Waals surface area contributed by atoms with Crippen molar-refractivity contribution in [3.63, 3.8) is 0 Å². The van der Waals surface area contributed by atoms with Crippen LogP contribution in [0.25, 0.3) is 0 Å². The Morgan fingerprint density at radius 2 is 2.10 bits per heavy atom. The molecule has 0 heterocycles. The third kappa shape index (κ3) is 7.51. The maximum Gasteiger partial charge on any atom is 0.191 e. The summed E-state index contributed by atoms with van der Waals surface area (Å²) >= 11 is 0. The van der Waals surface area contributed by atoms with Gasteiger partial charge in [0.05, 0.1) is 0 Å². The van der Waals surface area contributed by atoms with E-state index < -0.39 is 0 Å². The molecule has 0 spiro atoms. The molecular formula is C17H34N4. The standard InChI is InChI=1S/C17H34N4/c1-5-15(2)21(4)14-13-20-17(18-3)19-12-11-16-9-7-6-8-10-16/h9,15H,5-8,10-14H2,1-4H3,(H2,18,19,20). The van der Waals surface area contributed by atoms with E-state index in [1.165, 1.54) is 32.1 Å². The normalized spacial score (nSPS) is 17.6. The Balaban J connectivity index is 2.15. The van der Waals surface area contributed by atoms with Gasteiger partial charge in [0.25, 0.3) is 0 Å². The number of nitrogens with one attached hydrogen (secondary N) is 2. The largest absolute Gasteiger partial charge is 0.356 e. The summed E-state index contributed by atoms with van der Waals surface area (Å²) in [6.07, 6.45) is 10.0. The predicted molar refractivity (Wildman–Crippen MR) is 92.9 cm³/mol. The quantitative estimate of drug-likeness (QED) is 0.411. The van der Waals surface area contributed by atoms with Gasteiger partial charge in [-0.3, -0.25) is 4.99 Å². The fourth-order valence-electron chi connectivity index (χ4n) is 2.58. The summed E-state index contributed by atoms with van der Waals surface area (Å²) in [5, 5.41) is 6.81. The zero-order chi connectivity index (χ0) is 15.5. The molecule has 1 aliphatic carbocycles. The molecule has 0 saturated carbocycles. The first-order valence-corrected chi connectivity index (χ1v) is 8.50. The fraction of sp³-hybridized carbons (Fsp3) is 0.824. The van der Waals surface area contributed by atoms with Crippen LogP contribution >= 0.6 is 0 Å². The summed E-state index contributed by atoms with van der Waals surface area (Å²) in [5.41, 5.74) is 1.61. The van der Waals surface area contributed by atoms with Crippen molar-refractivity contribution >= 4 is 5.96 Å². The molecule has 0 aliphatic heterocycles. The molecule has 0 radical (unpaired) electrons. The molecule has 0 amide bonds. The van der Waals surface area contributed by atoms with Crippen LogP contribution in [0.1, 0.15) is 52.4 Å². The minimum absolute atomic E-state index is 0.639. The third-order valence-electron chi connectivity index (χ3n) is 4.45. The van der Waals surface area contributed by atoms with Crippen LogP contribution in [-0.4, -0.2) is 50.6 Å². The van der Waals surface area contributed by atoms with E-state index in [1.807, 2.05) is 7.05 Å². The van der Waals surface area contributed by atoms with Crippen molar-refractivity contribution in [2.45, 2.75) is 58.4 Å². The van der Waals surface area contributed by atoms with Crippen LogP contribution in [0.5, 0.6) is 0 Å². The Morgan fingerprint density at radius 3 is 2.71 bits per heavy atom. The van der Waals surface area contributed by atoms with Crippen LogP contribution < -0.4 is 10.6 Å². The van der Waals surface area contributed by atoms with Gasteiger partial charge in [0.15, 0.2) is 5.96 Å². The second-order valence-electron chi connectivity index (χ2n) is 6.02. The highest BCUT2D eigenvalue weighted by Crippen LogP contribution is 2.19. The molecular weight excluding hydrogens is 260 g/mol. The van der Waals surface area contributed by atoms with Crippen molar-refractivity contribution in [2.75, 3.05) is 33.7 Å². The molecule has 0 fully saturated rings. The molecule has 0 aromatic carbocycles. The van der Waals surface area contributed by atoms with Crippen molar-refractivity contribution in [1.29, 1.82) is 0 Å². The smallest absolute Gasteiger partial charge is 0.191 e. The van der Waals surface area contributed by atoms with Gasteiger partial charge in [0.2, 0.25) is 0 Å². The monoisotopic (exact) mass is 294 g/mol. The SMILES string of the molecule is CCC(C)N(C)CCNC(=NC)NCCC1=CCCCC1. The fourth-order valence-corrected chi connectivity index (χ4v) is 2.58. The molecule has 1 aliphatic rings. The van der Waals surface area contributed by atoms with E-state index in [0.29, 0.717) is 6.04 Å². The van der Waals surface area contributed by atoms with E-state index in [0.717, 1.165) is 32.0 Å². The third-order valence-corrected chi connectivity index (χ3v) is 4.45. The van der Waals surface area contributed by atoms with Crippen molar-refractivity contribution < 1.29 is 0 Å². The topological polar surface area (TPSA) is 39.7 Å². The highest BCUT2D eigenvalue weighted by molar-refractivity contribution is 5.79. The highest BCUT2D eigenvalue weighted by atomic mass is 15.2. The van der Waals surface area contributed by atoms with Gasteiger partial charge in [-0.1, -0.05) is 18.6 Å². The summed E-state index contributed by atoms with van der Waals surface area (Å²) in [5.74, 6) is 0.920. The van der Waals surface area contributed by atoms with Gasteiger partial charge in [-0.25, -0.2) is 0 Å². The summed E-state index contributed by atoms with van der Waals surface area (Å²) < 4.78 is 0. The van der Waals surface area contributed by atoms with Gasteiger partial charge in [-0.2, -0.15) is 0 Å². The van der Waals surface area contributed by atoms with Crippen LogP contribution in [-0.2, 0) is 0 Å². The Labute approximate surface area is 131 Å². The Bertz CT molecular complexity index is 336. The minimum Gasteiger partial charge on any atom is -0.356 e. The van der Waals surface area contributed by atoms with E-state index in [1.54, 1.807) is 5.57 Å². The zero-order valence-corrected chi connectivity index (χ0v) is 14.4. The maximum atomic E-state index is 4.29. The zero-order valence-electron chi connectivity index (χ0n) is 14.4. The second-order valence-corrected chi connectivity index (χ2v) is 6.02. The van der Waals surface area contributed by atoms with E-state index in [-0.39, 0.29) is 0 Å². The molecule has 1 unspecified atom stereocenters. The number of allylic oxidation sites excluding steroid dienone is 1. The van der Waals surface area contributed by atoms with E-state index in [2.05, 4.69) is 47.5 Å². The van der Waals surface area contributed by atoms with Crippen LogP contribution in [0.2, 0.25) is 0 Å². The lowest BCUT2D eigenvalue weighted by molar-refractivity contribution is 0.255. The van der Waals surface area contributed by atoms with Crippen molar-refractivity contribution in [2.24, 2.45) is 4.99 Å². The molecule has 122 valence electrons. The molecule has 1 rings (SSSR count). The van der Waals surface area contributed by atoms with Gasteiger partial charge in [0, 0.05) is 32.7 Å². The van der Waals surface area contributed by atoms with Crippen LogP contribution in [0, 0.1) is 0 Å². The van der Waals surface area contributed by atoms with Crippen LogP contribution in [0.3, 0.4) is 0 Å². The van der Waals surface area contributed by atoms with E-state index in [4.69, 9.17) is 0 Å². The number of nitrogens with zero attached hydrogens (tertiary/aromatic N) is 2. The van der Waals surface area contributed by atoms with Crippen molar-refractivity contribution in [1.82, 2.24) is 15.5 Å². The minimum atomic E-state index is 0.639. The van der Waals surface area contributed by atoms with E-state index >= 15 is 0 Å². The first kappa shape index (κ1) is 18.0. The summed E-state index contributed by atoms with van der Waals surface area (Å²) in [7, 11) is 4.02. The molecule has 21 heavy (non-hydrogen) atoms. The lowest BCUT2D eigenvalue weighted by atomic mass is 9.97. The van der Waals surface area contributed by atoms with Crippen molar-refractivity contribution in [3.05, 3.63) is 11.6 Å². The number of guanidine groups is 1. The summed E-state index contributed by atoms with van der Waals surface area (Å²) in [6.45, 7) is 7.46. The van der Waals surface area contributed by atoms with Gasteiger partial charge in [-0.05, 0) is 52.5 Å². The van der Waals surface area contributed by atoms with Crippen LogP contribution in [0.4, 0.5) is 0 Å². The number of rotatable bonds is 8. The number of hydrogen-bond donors (Lipinski definition) is 2. The lowest BCUT2D eigenvalue weighted by Gasteiger charge is -2.24. The predicted octanol–water partition coefficient (Wildman–Crippen LogP) is 2.77. The van der Waals surface area contributed by atoms with Crippen molar-refractivity contribution in [3.8, 4) is 0 Å².